The normalized spacial score (nSPS) is 21.4. The number of morpholine rings is 1. The molecular weight excluding hydrogens is 507 g/mol. The molecule has 2 aliphatic rings. The summed E-state index contributed by atoms with van der Waals surface area (Å²) in [6, 6.07) is 14.1. The Labute approximate surface area is 205 Å². The van der Waals surface area contributed by atoms with Gasteiger partial charge in [-0.3, -0.25) is 9.88 Å². The van der Waals surface area contributed by atoms with Gasteiger partial charge in [0.15, 0.2) is 5.11 Å². The predicted molar refractivity (Wildman–Crippen MR) is 131 cm³/mol. The van der Waals surface area contributed by atoms with Crippen molar-refractivity contribution in [2.24, 2.45) is 0 Å². The van der Waals surface area contributed by atoms with Crippen LogP contribution in [0, 0.1) is 5.82 Å². The van der Waals surface area contributed by atoms with Crippen molar-refractivity contribution in [1.82, 2.24) is 20.1 Å². The van der Waals surface area contributed by atoms with Gasteiger partial charge < -0.3 is 19.4 Å². The first-order valence-corrected chi connectivity index (χ1v) is 12.1. The number of aromatic nitrogens is 1. The Balaban J connectivity index is 1.45. The van der Waals surface area contributed by atoms with Crippen LogP contribution in [0.15, 0.2) is 63.6 Å². The molecule has 1 N–H and O–H groups in total. The fourth-order valence-corrected chi connectivity index (χ4v) is 5.25. The van der Waals surface area contributed by atoms with Crippen molar-refractivity contribution >= 4 is 33.3 Å². The molecule has 0 saturated carbocycles. The number of hydrogen-bond donors (Lipinski definition) is 1. The lowest BCUT2D eigenvalue weighted by Crippen LogP contribution is -2.42. The van der Waals surface area contributed by atoms with Crippen LogP contribution in [0.25, 0.3) is 11.3 Å². The largest absolute Gasteiger partial charge is 0.459 e. The summed E-state index contributed by atoms with van der Waals surface area (Å²) in [7, 11) is 0. The van der Waals surface area contributed by atoms with Gasteiger partial charge in [0.2, 0.25) is 0 Å². The lowest BCUT2D eigenvalue weighted by Gasteiger charge is -2.31. The van der Waals surface area contributed by atoms with E-state index in [2.05, 4.69) is 36.0 Å². The van der Waals surface area contributed by atoms with E-state index in [1.165, 1.54) is 12.1 Å². The van der Waals surface area contributed by atoms with Crippen LogP contribution in [0.4, 0.5) is 4.39 Å². The van der Waals surface area contributed by atoms with Gasteiger partial charge in [-0.15, -0.1) is 0 Å². The summed E-state index contributed by atoms with van der Waals surface area (Å²) in [4.78, 5) is 9.15. The quantitative estimate of drug-likeness (QED) is 0.469. The van der Waals surface area contributed by atoms with Crippen molar-refractivity contribution < 1.29 is 13.5 Å². The summed E-state index contributed by atoms with van der Waals surface area (Å²) >= 11 is 9.20. The molecule has 3 aromatic rings. The molecule has 2 saturated heterocycles. The fourth-order valence-electron chi connectivity index (χ4n) is 4.38. The number of ether oxygens (including phenoxy) is 1. The van der Waals surface area contributed by atoms with E-state index >= 15 is 0 Å². The second kappa shape index (κ2) is 9.89. The summed E-state index contributed by atoms with van der Waals surface area (Å²) < 4.78 is 26.0. The molecule has 4 heterocycles. The third-order valence-corrected chi connectivity index (χ3v) is 7.08. The average Bonchev–Trinajstić information content (AvgIpc) is 3.43. The maximum atomic E-state index is 13.6. The van der Waals surface area contributed by atoms with Crippen LogP contribution >= 0.6 is 28.1 Å². The summed E-state index contributed by atoms with van der Waals surface area (Å²) in [6.45, 7) is 5.01. The van der Waals surface area contributed by atoms with Crippen LogP contribution < -0.4 is 5.32 Å². The zero-order valence-electron chi connectivity index (χ0n) is 17.9. The molecule has 0 bridgehead atoms. The Hall–Kier alpha value is -2.33. The monoisotopic (exact) mass is 530 g/mol. The number of pyridine rings is 1. The standard InChI is InChI=1S/C24H24BrFN4O2S/c25-18-15-16(26)4-5-17(18)20-6-7-21(32-20)23-22(19-3-1-2-8-27-19)28-24(33)30(23)10-9-29-11-13-31-14-12-29/h1-8,15,22-23H,9-14H2,(H,28,33). The number of furan rings is 1. The van der Waals surface area contributed by atoms with Crippen molar-refractivity contribution in [3.63, 3.8) is 0 Å². The van der Waals surface area contributed by atoms with E-state index in [-0.39, 0.29) is 17.9 Å². The van der Waals surface area contributed by atoms with Gasteiger partial charge in [0, 0.05) is 42.4 Å². The molecule has 172 valence electrons. The van der Waals surface area contributed by atoms with E-state index in [9.17, 15) is 4.39 Å². The van der Waals surface area contributed by atoms with Gasteiger partial charge in [0.1, 0.15) is 23.4 Å². The Kier molecular flexibility index (Phi) is 6.73. The third kappa shape index (κ3) is 4.82. The molecule has 33 heavy (non-hydrogen) atoms. The summed E-state index contributed by atoms with van der Waals surface area (Å²) in [5.74, 6) is 1.15. The van der Waals surface area contributed by atoms with Crippen LogP contribution in [-0.2, 0) is 4.74 Å². The molecule has 0 aliphatic carbocycles. The van der Waals surface area contributed by atoms with Gasteiger partial charge in [0.05, 0.1) is 24.9 Å². The summed E-state index contributed by atoms with van der Waals surface area (Å²) in [6.07, 6.45) is 1.79. The minimum Gasteiger partial charge on any atom is -0.459 e. The smallest absolute Gasteiger partial charge is 0.170 e. The van der Waals surface area contributed by atoms with Gasteiger partial charge in [-0.2, -0.15) is 0 Å². The van der Waals surface area contributed by atoms with Gasteiger partial charge in [-0.05, 0) is 70.6 Å². The van der Waals surface area contributed by atoms with Crippen LogP contribution in [0.2, 0.25) is 0 Å². The zero-order chi connectivity index (χ0) is 22.8. The first-order valence-electron chi connectivity index (χ1n) is 10.9. The van der Waals surface area contributed by atoms with E-state index in [4.69, 9.17) is 21.4 Å². The number of benzene rings is 1. The van der Waals surface area contributed by atoms with Crippen molar-refractivity contribution in [3.05, 3.63) is 76.5 Å². The van der Waals surface area contributed by atoms with Crippen LogP contribution in [-0.4, -0.2) is 59.3 Å². The van der Waals surface area contributed by atoms with E-state index in [0.717, 1.165) is 56.4 Å². The SMILES string of the molecule is Fc1ccc(-c2ccc(C3C(c4ccccn4)NC(=S)N3CCN3CCOCC3)o2)c(Br)c1. The minimum absolute atomic E-state index is 0.140. The van der Waals surface area contributed by atoms with Crippen molar-refractivity contribution in [2.75, 3.05) is 39.4 Å². The zero-order valence-corrected chi connectivity index (χ0v) is 20.3. The molecule has 6 nitrogen and oxygen atoms in total. The highest BCUT2D eigenvalue weighted by molar-refractivity contribution is 9.10. The highest BCUT2D eigenvalue weighted by atomic mass is 79.9. The predicted octanol–water partition coefficient (Wildman–Crippen LogP) is 4.55. The maximum absolute atomic E-state index is 13.6. The van der Waals surface area contributed by atoms with E-state index < -0.39 is 0 Å². The average molecular weight is 531 g/mol. The van der Waals surface area contributed by atoms with Crippen molar-refractivity contribution in [3.8, 4) is 11.3 Å². The number of thiocarbonyl (C=S) groups is 1. The molecule has 1 aromatic carbocycles. The number of hydrogen-bond acceptors (Lipinski definition) is 5. The van der Waals surface area contributed by atoms with E-state index in [1.54, 1.807) is 12.3 Å². The number of rotatable bonds is 6. The molecule has 0 radical (unpaired) electrons. The Morgan fingerprint density at radius 1 is 1.12 bits per heavy atom. The lowest BCUT2D eigenvalue weighted by molar-refractivity contribution is 0.0347. The minimum atomic E-state index is -0.299. The van der Waals surface area contributed by atoms with Crippen LogP contribution in [0.1, 0.15) is 23.5 Å². The molecule has 9 heteroatoms. The molecule has 0 amide bonds. The second-order valence-electron chi connectivity index (χ2n) is 8.10. The van der Waals surface area contributed by atoms with Crippen molar-refractivity contribution in [1.29, 1.82) is 0 Å². The number of nitrogens with one attached hydrogen (secondary N) is 1. The summed E-state index contributed by atoms with van der Waals surface area (Å²) in [5, 5.41) is 4.14. The van der Waals surface area contributed by atoms with Gasteiger partial charge in [-0.25, -0.2) is 4.39 Å². The maximum Gasteiger partial charge on any atom is 0.170 e. The Morgan fingerprint density at radius 2 is 1.97 bits per heavy atom. The number of halogens is 2. The second-order valence-corrected chi connectivity index (χ2v) is 9.34. The van der Waals surface area contributed by atoms with Crippen LogP contribution in [0.3, 0.4) is 0 Å². The molecule has 2 atom stereocenters. The Bertz CT molecular complexity index is 1120. The molecular formula is C24H24BrFN4O2S. The molecule has 2 aromatic heterocycles. The highest BCUT2D eigenvalue weighted by Crippen LogP contribution is 2.41. The first-order chi connectivity index (χ1) is 16.1. The van der Waals surface area contributed by atoms with Gasteiger partial charge >= 0.3 is 0 Å². The molecule has 5 rings (SSSR count). The summed E-state index contributed by atoms with van der Waals surface area (Å²) in [5.41, 5.74) is 1.70. The van der Waals surface area contributed by atoms with Crippen LogP contribution in [0.5, 0.6) is 0 Å². The first kappa shape index (κ1) is 22.5. The molecule has 2 aliphatic heterocycles. The van der Waals surface area contributed by atoms with Gasteiger partial charge in [-0.1, -0.05) is 6.07 Å². The molecule has 2 unspecified atom stereocenters. The van der Waals surface area contributed by atoms with E-state index in [0.29, 0.717) is 15.3 Å². The van der Waals surface area contributed by atoms with Crippen molar-refractivity contribution in [2.45, 2.75) is 12.1 Å². The van der Waals surface area contributed by atoms with Gasteiger partial charge in [0.25, 0.3) is 0 Å². The highest BCUT2D eigenvalue weighted by Gasteiger charge is 2.41. The molecule has 0 spiro atoms. The van der Waals surface area contributed by atoms with E-state index in [1.807, 2.05) is 30.3 Å². The topological polar surface area (TPSA) is 53.8 Å². The lowest BCUT2D eigenvalue weighted by atomic mass is 10.0. The Morgan fingerprint density at radius 3 is 2.73 bits per heavy atom. The third-order valence-electron chi connectivity index (χ3n) is 6.07. The molecule has 2 fully saturated rings. The fraction of sp³-hybridized carbons (Fsp3) is 0.333. The number of nitrogens with zero attached hydrogens (tertiary/aromatic N) is 3.